The van der Waals surface area contributed by atoms with Crippen LogP contribution in [-0.4, -0.2) is 66.2 Å². The number of aromatic nitrogens is 2. The van der Waals surface area contributed by atoms with Crippen molar-refractivity contribution in [3.05, 3.63) is 77.7 Å². The fraction of sp³-hybridized carbons (Fsp3) is 0.393. The second-order valence-corrected chi connectivity index (χ2v) is 9.42. The molecule has 0 radical (unpaired) electrons. The number of aryl methyl sites for hydroxylation is 1. The predicted octanol–water partition coefficient (Wildman–Crippen LogP) is 3.68. The van der Waals surface area contributed by atoms with Gasteiger partial charge in [-0.1, -0.05) is 18.2 Å². The van der Waals surface area contributed by atoms with Crippen LogP contribution in [0.15, 0.2) is 61.1 Å². The number of anilines is 1. The minimum absolute atomic E-state index is 0.0146. The first-order valence-corrected chi connectivity index (χ1v) is 12.5. The lowest BCUT2D eigenvalue weighted by atomic mass is 9.98. The van der Waals surface area contributed by atoms with Crippen LogP contribution < -0.4 is 10.2 Å². The third kappa shape index (κ3) is 5.86. The minimum Gasteiger partial charge on any atom is -0.379 e. The number of rotatable bonds is 6. The van der Waals surface area contributed by atoms with Gasteiger partial charge in [-0.15, -0.1) is 0 Å². The number of amides is 1. The Bertz CT molecular complexity index is 1120. The molecule has 0 bridgehead atoms. The van der Waals surface area contributed by atoms with Gasteiger partial charge in [0.05, 0.1) is 13.2 Å². The summed E-state index contributed by atoms with van der Waals surface area (Å²) in [7, 11) is 0. The molecule has 0 unspecified atom stereocenters. The topological polar surface area (TPSA) is 70.6 Å². The molecule has 0 spiro atoms. The Balaban J connectivity index is 1.14. The smallest absolute Gasteiger partial charge is 0.251 e. The standard InChI is InChI=1S/C28H33N5O2/c1-21-4-6-23(17-26(21)24-3-2-10-29-19-24)28(34)31-25-8-11-33(12-9-25)27-7-5-22(18-30-27)20-32-13-15-35-16-14-32/h2-7,10,17-19,25H,8-9,11-16,20H2,1H3,(H,31,34). The van der Waals surface area contributed by atoms with Crippen molar-refractivity contribution in [2.75, 3.05) is 44.3 Å². The van der Waals surface area contributed by atoms with Gasteiger partial charge < -0.3 is 15.0 Å². The Morgan fingerprint density at radius 3 is 2.60 bits per heavy atom. The average molecular weight is 472 g/mol. The van der Waals surface area contributed by atoms with Crippen molar-refractivity contribution >= 4 is 11.7 Å². The van der Waals surface area contributed by atoms with Crippen molar-refractivity contribution in [1.29, 1.82) is 0 Å². The van der Waals surface area contributed by atoms with Crippen molar-refractivity contribution in [3.8, 4) is 11.1 Å². The fourth-order valence-corrected chi connectivity index (χ4v) is 4.83. The molecular weight excluding hydrogens is 438 g/mol. The Morgan fingerprint density at radius 2 is 1.89 bits per heavy atom. The van der Waals surface area contributed by atoms with Gasteiger partial charge >= 0.3 is 0 Å². The minimum atomic E-state index is -0.0146. The molecule has 1 aromatic carbocycles. The van der Waals surface area contributed by atoms with Crippen LogP contribution in [0.25, 0.3) is 11.1 Å². The van der Waals surface area contributed by atoms with E-state index in [1.54, 1.807) is 6.20 Å². The van der Waals surface area contributed by atoms with Crippen molar-refractivity contribution in [1.82, 2.24) is 20.2 Å². The molecule has 2 aliphatic heterocycles. The van der Waals surface area contributed by atoms with Crippen LogP contribution in [0.2, 0.25) is 0 Å². The van der Waals surface area contributed by atoms with Crippen molar-refractivity contribution in [3.63, 3.8) is 0 Å². The molecular formula is C28H33N5O2. The maximum atomic E-state index is 13.0. The molecule has 2 aliphatic rings. The molecule has 35 heavy (non-hydrogen) atoms. The first-order chi connectivity index (χ1) is 17.2. The second-order valence-electron chi connectivity index (χ2n) is 9.42. The summed E-state index contributed by atoms with van der Waals surface area (Å²) in [5, 5.41) is 3.24. The first-order valence-electron chi connectivity index (χ1n) is 12.5. The van der Waals surface area contributed by atoms with E-state index in [4.69, 9.17) is 9.72 Å². The molecule has 0 atom stereocenters. The number of piperidine rings is 1. The summed E-state index contributed by atoms with van der Waals surface area (Å²) in [5.74, 6) is 0.999. The van der Waals surface area contributed by atoms with Crippen LogP contribution in [0.5, 0.6) is 0 Å². The van der Waals surface area contributed by atoms with Gasteiger partial charge in [0.1, 0.15) is 5.82 Å². The van der Waals surface area contributed by atoms with Crippen LogP contribution in [0.3, 0.4) is 0 Å². The van der Waals surface area contributed by atoms with E-state index in [1.807, 2.05) is 42.7 Å². The van der Waals surface area contributed by atoms with Crippen molar-refractivity contribution < 1.29 is 9.53 Å². The zero-order valence-electron chi connectivity index (χ0n) is 20.3. The highest BCUT2D eigenvalue weighted by atomic mass is 16.5. The summed E-state index contributed by atoms with van der Waals surface area (Å²) in [5.41, 5.74) is 5.13. The largest absolute Gasteiger partial charge is 0.379 e. The zero-order valence-corrected chi connectivity index (χ0v) is 20.3. The van der Waals surface area contributed by atoms with Crippen molar-refractivity contribution in [2.45, 2.75) is 32.4 Å². The van der Waals surface area contributed by atoms with Gasteiger partial charge in [-0.25, -0.2) is 4.98 Å². The molecule has 1 amide bonds. The normalized spacial score (nSPS) is 17.3. The fourth-order valence-electron chi connectivity index (χ4n) is 4.83. The number of carbonyl (C=O) groups is 1. The third-order valence-corrected chi connectivity index (χ3v) is 6.95. The Kier molecular flexibility index (Phi) is 7.35. The van der Waals surface area contributed by atoms with E-state index in [2.05, 4.69) is 39.2 Å². The highest BCUT2D eigenvalue weighted by Gasteiger charge is 2.22. The second kappa shape index (κ2) is 11.0. The van der Waals surface area contributed by atoms with Gasteiger partial charge in [-0.3, -0.25) is 14.7 Å². The van der Waals surface area contributed by atoms with Crippen LogP contribution in [0.1, 0.15) is 34.3 Å². The zero-order chi connectivity index (χ0) is 24.0. The van der Waals surface area contributed by atoms with E-state index in [0.29, 0.717) is 5.56 Å². The average Bonchev–Trinajstić information content (AvgIpc) is 2.91. The molecule has 0 saturated carbocycles. The van der Waals surface area contributed by atoms with Gasteiger partial charge in [0.15, 0.2) is 0 Å². The first kappa shape index (κ1) is 23.5. The summed E-state index contributed by atoms with van der Waals surface area (Å²) in [4.78, 5) is 26.7. The molecule has 2 aromatic heterocycles. The predicted molar refractivity (Wildman–Crippen MR) is 137 cm³/mol. The maximum absolute atomic E-state index is 13.0. The monoisotopic (exact) mass is 471 g/mol. The maximum Gasteiger partial charge on any atom is 0.251 e. The van der Waals surface area contributed by atoms with Gasteiger partial charge in [-0.2, -0.15) is 0 Å². The molecule has 2 fully saturated rings. The number of carbonyl (C=O) groups excluding carboxylic acids is 1. The van der Waals surface area contributed by atoms with Crippen LogP contribution in [0, 0.1) is 6.92 Å². The molecule has 182 valence electrons. The number of pyridine rings is 2. The quantitative estimate of drug-likeness (QED) is 0.591. The summed E-state index contributed by atoms with van der Waals surface area (Å²) in [6.07, 6.45) is 7.41. The van der Waals surface area contributed by atoms with Crippen LogP contribution in [-0.2, 0) is 11.3 Å². The van der Waals surface area contributed by atoms with E-state index in [1.165, 1.54) is 5.56 Å². The number of nitrogens with zero attached hydrogens (tertiary/aromatic N) is 4. The Labute approximate surface area is 207 Å². The molecule has 4 heterocycles. The summed E-state index contributed by atoms with van der Waals surface area (Å²) in [6.45, 7) is 8.34. The molecule has 5 rings (SSSR count). The molecule has 7 heteroatoms. The molecule has 2 saturated heterocycles. The van der Waals surface area contributed by atoms with Gasteiger partial charge in [0, 0.05) is 68.5 Å². The van der Waals surface area contributed by atoms with Gasteiger partial charge in [0.25, 0.3) is 5.91 Å². The SMILES string of the molecule is Cc1ccc(C(=O)NC2CCN(c3ccc(CN4CCOCC4)cn3)CC2)cc1-c1cccnc1. The number of nitrogens with one attached hydrogen (secondary N) is 1. The summed E-state index contributed by atoms with van der Waals surface area (Å²) >= 11 is 0. The van der Waals surface area contributed by atoms with E-state index < -0.39 is 0 Å². The highest BCUT2D eigenvalue weighted by molar-refractivity contribution is 5.96. The van der Waals surface area contributed by atoms with Gasteiger partial charge in [0.2, 0.25) is 0 Å². The van der Waals surface area contributed by atoms with E-state index in [9.17, 15) is 4.79 Å². The van der Waals surface area contributed by atoms with Crippen LogP contribution in [0.4, 0.5) is 5.82 Å². The van der Waals surface area contributed by atoms with E-state index in [0.717, 1.165) is 81.3 Å². The molecule has 1 N–H and O–H groups in total. The van der Waals surface area contributed by atoms with Gasteiger partial charge in [-0.05, 0) is 60.7 Å². The van der Waals surface area contributed by atoms with E-state index >= 15 is 0 Å². The summed E-state index contributed by atoms with van der Waals surface area (Å²) < 4.78 is 5.43. The number of ether oxygens (including phenoxy) is 1. The lowest BCUT2D eigenvalue weighted by Gasteiger charge is -2.33. The number of hydrogen-bond acceptors (Lipinski definition) is 6. The third-order valence-electron chi connectivity index (χ3n) is 6.95. The number of morpholine rings is 1. The molecule has 7 nitrogen and oxygen atoms in total. The lowest BCUT2D eigenvalue weighted by molar-refractivity contribution is 0.0341. The lowest BCUT2D eigenvalue weighted by Crippen LogP contribution is -2.45. The molecule has 0 aliphatic carbocycles. The Morgan fingerprint density at radius 1 is 1.06 bits per heavy atom. The number of benzene rings is 1. The van der Waals surface area contributed by atoms with Crippen LogP contribution >= 0.6 is 0 Å². The Hall–Kier alpha value is -3.29. The van der Waals surface area contributed by atoms with E-state index in [-0.39, 0.29) is 11.9 Å². The summed E-state index contributed by atoms with van der Waals surface area (Å²) in [6, 6.07) is 14.3. The van der Waals surface area contributed by atoms with Crippen molar-refractivity contribution in [2.24, 2.45) is 0 Å². The number of hydrogen-bond donors (Lipinski definition) is 1. The molecule has 3 aromatic rings. The highest BCUT2D eigenvalue weighted by Crippen LogP contribution is 2.24.